The SMILES string of the molecule is O=C(NCCc1ccc(Cl)cc1)N1CCc2c(Cl)c(O)c(O)c(Cl)c2C1. The van der Waals surface area contributed by atoms with Crippen molar-refractivity contribution in [3.05, 3.63) is 56.0 Å². The van der Waals surface area contributed by atoms with Crippen LogP contribution in [0.4, 0.5) is 4.79 Å². The van der Waals surface area contributed by atoms with E-state index in [1.807, 2.05) is 24.3 Å². The molecule has 1 aliphatic rings. The molecule has 2 aromatic carbocycles. The van der Waals surface area contributed by atoms with Gasteiger partial charge in [0, 0.05) is 24.7 Å². The summed E-state index contributed by atoms with van der Waals surface area (Å²) in [5, 5.41) is 23.3. The third-order valence-corrected chi connectivity index (χ3v) is 5.47. The van der Waals surface area contributed by atoms with Gasteiger partial charge in [0.25, 0.3) is 0 Å². The van der Waals surface area contributed by atoms with Crippen LogP contribution in [0.15, 0.2) is 24.3 Å². The minimum Gasteiger partial charge on any atom is -0.503 e. The summed E-state index contributed by atoms with van der Waals surface area (Å²) in [6, 6.07) is 7.25. The number of carbonyl (C=O) groups is 1. The topological polar surface area (TPSA) is 72.8 Å². The highest BCUT2D eigenvalue weighted by Crippen LogP contribution is 2.46. The molecule has 0 bridgehead atoms. The number of nitrogens with one attached hydrogen (secondary N) is 1. The molecule has 0 saturated heterocycles. The van der Waals surface area contributed by atoms with Crippen LogP contribution in [0.2, 0.25) is 15.1 Å². The van der Waals surface area contributed by atoms with Crippen molar-refractivity contribution >= 4 is 40.8 Å². The van der Waals surface area contributed by atoms with Gasteiger partial charge in [-0.2, -0.15) is 0 Å². The number of halogens is 3. The molecule has 2 aromatic rings. The van der Waals surface area contributed by atoms with Crippen LogP contribution in [0.1, 0.15) is 16.7 Å². The van der Waals surface area contributed by atoms with E-state index in [0.717, 1.165) is 5.56 Å². The van der Waals surface area contributed by atoms with E-state index in [4.69, 9.17) is 34.8 Å². The summed E-state index contributed by atoms with van der Waals surface area (Å²) in [6.45, 7) is 1.15. The summed E-state index contributed by atoms with van der Waals surface area (Å²) < 4.78 is 0. The predicted octanol–water partition coefficient (Wildman–Crippen LogP) is 4.37. The molecule has 8 heteroatoms. The summed E-state index contributed by atoms with van der Waals surface area (Å²) in [4.78, 5) is 14.0. The normalized spacial score (nSPS) is 13.4. The standard InChI is InChI=1S/C18H17Cl3N2O3/c19-11-3-1-10(2-4-11)5-7-22-18(26)23-8-6-12-13(9-23)15(21)17(25)16(24)14(12)20/h1-4,24-25H,5-9H2,(H,22,26). The molecule has 0 fully saturated rings. The van der Waals surface area contributed by atoms with E-state index >= 15 is 0 Å². The van der Waals surface area contributed by atoms with Gasteiger partial charge in [-0.15, -0.1) is 0 Å². The first-order valence-electron chi connectivity index (χ1n) is 8.06. The van der Waals surface area contributed by atoms with Crippen molar-refractivity contribution < 1.29 is 15.0 Å². The molecule has 138 valence electrons. The number of phenols is 2. The second-order valence-corrected chi connectivity index (χ2v) is 7.25. The van der Waals surface area contributed by atoms with Crippen molar-refractivity contribution in [1.29, 1.82) is 0 Å². The van der Waals surface area contributed by atoms with Gasteiger partial charge in [0.05, 0.1) is 10.0 Å². The Bertz CT molecular complexity index is 841. The summed E-state index contributed by atoms with van der Waals surface area (Å²) >= 11 is 18.1. The van der Waals surface area contributed by atoms with Gasteiger partial charge in [-0.25, -0.2) is 4.79 Å². The highest BCUT2D eigenvalue weighted by atomic mass is 35.5. The number of hydrogen-bond acceptors (Lipinski definition) is 3. The van der Waals surface area contributed by atoms with Crippen molar-refractivity contribution in [1.82, 2.24) is 10.2 Å². The van der Waals surface area contributed by atoms with E-state index in [-0.39, 0.29) is 22.6 Å². The lowest BCUT2D eigenvalue weighted by Gasteiger charge is -2.30. The van der Waals surface area contributed by atoms with Crippen molar-refractivity contribution in [2.45, 2.75) is 19.4 Å². The quantitative estimate of drug-likeness (QED) is 0.652. The van der Waals surface area contributed by atoms with E-state index in [9.17, 15) is 15.0 Å². The summed E-state index contributed by atoms with van der Waals surface area (Å²) in [7, 11) is 0. The molecule has 0 saturated carbocycles. The first kappa shape index (κ1) is 19.0. The number of fused-ring (bicyclic) bond motifs is 1. The van der Waals surface area contributed by atoms with Gasteiger partial charge in [0.15, 0.2) is 11.5 Å². The Kier molecular flexibility index (Phi) is 5.70. The number of rotatable bonds is 3. The van der Waals surface area contributed by atoms with E-state index in [1.54, 1.807) is 4.90 Å². The Morgan fingerprint density at radius 3 is 2.31 bits per heavy atom. The summed E-state index contributed by atoms with van der Waals surface area (Å²) in [5.41, 5.74) is 2.30. The Balaban J connectivity index is 1.63. The van der Waals surface area contributed by atoms with E-state index < -0.39 is 11.5 Å². The lowest BCUT2D eigenvalue weighted by Crippen LogP contribution is -2.43. The van der Waals surface area contributed by atoms with Gasteiger partial charge < -0.3 is 20.4 Å². The molecule has 26 heavy (non-hydrogen) atoms. The second kappa shape index (κ2) is 7.82. The number of benzene rings is 2. The Morgan fingerprint density at radius 2 is 1.65 bits per heavy atom. The maximum atomic E-state index is 12.4. The van der Waals surface area contributed by atoms with E-state index in [1.165, 1.54) is 0 Å². The van der Waals surface area contributed by atoms with Crippen LogP contribution in [-0.2, 0) is 19.4 Å². The Morgan fingerprint density at radius 1 is 1.04 bits per heavy atom. The summed E-state index contributed by atoms with van der Waals surface area (Å²) in [6.07, 6.45) is 1.14. The third-order valence-electron chi connectivity index (χ3n) is 4.41. The van der Waals surface area contributed by atoms with Gasteiger partial charge in [-0.05, 0) is 41.7 Å². The van der Waals surface area contributed by atoms with Gasteiger partial charge in [-0.1, -0.05) is 46.9 Å². The predicted molar refractivity (Wildman–Crippen MR) is 102 cm³/mol. The van der Waals surface area contributed by atoms with Gasteiger partial charge in [-0.3, -0.25) is 0 Å². The van der Waals surface area contributed by atoms with Crippen molar-refractivity contribution in [3.63, 3.8) is 0 Å². The maximum Gasteiger partial charge on any atom is 0.317 e. The zero-order chi connectivity index (χ0) is 18.8. The molecule has 0 unspecified atom stereocenters. The molecule has 0 spiro atoms. The number of carbonyl (C=O) groups excluding carboxylic acids is 1. The fraction of sp³-hybridized carbons (Fsp3) is 0.278. The van der Waals surface area contributed by atoms with Crippen LogP contribution in [0.25, 0.3) is 0 Å². The van der Waals surface area contributed by atoms with Gasteiger partial charge >= 0.3 is 6.03 Å². The third kappa shape index (κ3) is 3.80. The van der Waals surface area contributed by atoms with E-state index in [2.05, 4.69) is 5.32 Å². The fourth-order valence-corrected chi connectivity index (χ4v) is 3.64. The highest BCUT2D eigenvalue weighted by Gasteiger charge is 2.28. The second-order valence-electron chi connectivity index (χ2n) is 6.06. The van der Waals surface area contributed by atoms with Crippen molar-refractivity contribution in [3.8, 4) is 11.5 Å². The van der Waals surface area contributed by atoms with Gasteiger partial charge in [0.1, 0.15) is 0 Å². The number of urea groups is 1. The van der Waals surface area contributed by atoms with Crippen LogP contribution in [0.5, 0.6) is 11.5 Å². The van der Waals surface area contributed by atoms with Crippen molar-refractivity contribution in [2.75, 3.05) is 13.1 Å². The van der Waals surface area contributed by atoms with E-state index in [0.29, 0.717) is 42.1 Å². The van der Waals surface area contributed by atoms with Crippen LogP contribution in [0.3, 0.4) is 0 Å². The van der Waals surface area contributed by atoms with Gasteiger partial charge in [0.2, 0.25) is 0 Å². The molecule has 1 heterocycles. The molecule has 2 amide bonds. The molecular weight excluding hydrogens is 399 g/mol. The lowest BCUT2D eigenvalue weighted by molar-refractivity contribution is 0.192. The monoisotopic (exact) mass is 414 g/mol. The van der Waals surface area contributed by atoms with Crippen LogP contribution < -0.4 is 5.32 Å². The molecule has 5 nitrogen and oxygen atoms in total. The molecule has 3 N–H and O–H groups in total. The zero-order valence-electron chi connectivity index (χ0n) is 13.7. The molecule has 0 aliphatic carbocycles. The largest absolute Gasteiger partial charge is 0.503 e. The number of amides is 2. The lowest BCUT2D eigenvalue weighted by atomic mass is 9.98. The molecule has 3 rings (SSSR count). The molecule has 0 radical (unpaired) electrons. The molecular formula is C18H17Cl3N2O3. The first-order valence-corrected chi connectivity index (χ1v) is 9.19. The summed E-state index contributed by atoms with van der Waals surface area (Å²) in [5.74, 6) is -0.878. The average Bonchev–Trinajstić information content (AvgIpc) is 2.65. The Labute approximate surface area is 166 Å². The number of aromatic hydroxyl groups is 2. The van der Waals surface area contributed by atoms with Crippen LogP contribution in [-0.4, -0.2) is 34.2 Å². The molecule has 0 aromatic heterocycles. The van der Waals surface area contributed by atoms with Crippen LogP contribution >= 0.6 is 34.8 Å². The minimum absolute atomic E-state index is 0.0283. The molecule has 1 aliphatic heterocycles. The highest BCUT2D eigenvalue weighted by molar-refractivity contribution is 6.36. The average molecular weight is 416 g/mol. The maximum absolute atomic E-state index is 12.4. The number of nitrogens with zero attached hydrogens (tertiary/aromatic N) is 1. The van der Waals surface area contributed by atoms with Crippen molar-refractivity contribution in [2.24, 2.45) is 0 Å². The fourth-order valence-electron chi connectivity index (χ4n) is 2.95. The smallest absolute Gasteiger partial charge is 0.317 e. The number of hydrogen-bond donors (Lipinski definition) is 3. The minimum atomic E-state index is -0.458. The Hall–Kier alpha value is -1.82. The molecule has 0 atom stereocenters. The zero-order valence-corrected chi connectivity index (χ0v) is 16.0. The number of phenolic OH excluding ortho intramolecular Hbond substituents is 2. The first-order chi connectivity index (χ1) is 12.4. The van der Waals surface area contributed by atoms with Crippen LogP contribution in [0, 0.1) is 0 Å².